The Labute approximate surface area is 115 Å². The molecule has 0 N–H and O–H groups in total. The molecular weight excluding hydrogens is 252 g/mol. The molecule has 0 atom stereocenters. The van der Waals surface area contributed by atoms with Crippen LogP contribution in [0.3, 0.4) is 0 Å². The number of methoxy groups -OCH3 is 1. The molecule has 1 aromatic rings. The summed E-state index contributed by atoms with van der Waals surface area (Å²) in [5.74, 6) is -0.410. The van der Waals surface area contributed by atoms with Crippen molar-refractivity contribution >= 4 is 19.2 Å². The Hall–Kier alpha value is -1.61. The maximum absolute atomic E-state index is 11.5. The number of esters is 1. The molecule has 0 unspecified atom stereocenters. The molecule has 0 aliphatic heterocycles. The van der Waals surface area contributed by atoms with Gasteiger partial charge in [0.2, 0.25) is 0 Å². The van der Waals surface area contributed by atoms with Crippen LogP contribution in [-0.4, -0.2) is 21.2 Å². The van der Waals surface area contributed by atoms with Crippen LogP contribution in [0.15, 0.2) is 54.6 Å². The molecule has 19 heavy (non-hydrogen) atoms. The highest BCUT2D eigenvalue weighted by Gasteiger charge is 2.32. The maximum Gasteiger partial charge on any atom is 0.316 e. The Morgan fingerprint density at radius 3 is 2.16 bits per heavy atom. The first kappa shape index (κ1) is 13.8. The lowest BCUT2D eigenvalue weighted by molar-refractivity contribution is -0.142. The number of carbonyl (C=O) groups excluding carboxylic acids is 1. The standard InChI is InChI=1S/C16H20O2Si/c1-18-16(17)13-9-11-15(12-10-13)19(2,3)14-7-5-4-6-8-14/h4-13,15H,1-3H3. The zero-order chi connectivity index (χ0) is 13.9. The average Bonchev–Trinajstić information content (AvgIpc) is 2.47. The van der Waals surface area contributed by atoms with Gasteiger partial charge in [-0.05, 0) is 5.54 Å². The van der Waals surface area contributed by atoms with Crippen molar-refractivity contribution < 1.29 is 9.53 Å². The number of carbonyl (C=O) groups is 1. The van der Waals surface area contributed by atoms with Crippen LogP contribution >= 0.6 is 0 Å². The van der Waals surface area contributed by atoms with Crippen LogP contribution in [0.1, 0.15) is 0 Å². The Morgan fingerprint density at radius 2 is 1.63 bits per heavy atom. The average molecular weight is 272 g/mol. The molecule has 0 bridgehead atoms. The summed E-state index contributed by atoms with van der Waals surface area (Å²) in [6.45, 7) is 4.72. The van der Waals surface area contributed by atoms with E-state index in [-0.39, 0.29) is 11.9 Å². The van der Waals surface area contributed by atoms with Gasteiger partial charge in [0, 0.05) is 0 Å². The van der Waals surface area contributed by atoms with Gasteiger partial charge in [-0.25, -0.2) is 0 Å². The molecule has 0 fully saturated rings. The molecule has 2 rings (SSSR count). The number of benzene rings is 1. The smallest absolute Gasteiger partial charge is 0.316 e. The SMILES string of the molecule is COC(=O)C1C=CC([Si](C)(C)c2ccccc2)C=C1. The van der Waals surface area contributed by atoms with E-state index in [1.165, 1.54) is 12.3 Å². The molecule has 0 amide bonds. The fourth-order valence-corrected chi connectivity index (χ4v) is 5.06. The first-order chi connectivity index (χ1) is 9.05. The third-order valence-corrected chi connectivity index (χ3v) is 7.75. The quantitative estimate of drug-likeness (QED) is 0.480. The summed E-state index contributed by atoms with van der Waals surface area (Å²) in [6, 6.07) is 10.7. The van der Waals surface area contributed by atoms with Crippen molar-refractivity contribution in [3.63, 3.8) is 0 Å². The molecule has 0 saturated carbocycles. The normalized spacial score (nSPS) is 22.3. The molecule has 0 heterocycles. The Morgan fingerprint density at radius 1 is 1.05 bits per heavy atom. The van der Waals surface area contributed by atoms with Crippen molar-refractivity contribution in [2.75, 3.05) is 7.11 Å². The minimum Gasteiger partial charge on any atom is -0.468 e. The summed E-state index contributed by atoms with van der Waals surface area (Å²) >= 11 is 0. The van der Waals surface area contributed by atoms with Gasteiger partial charge in [-0.1, -0.05) is 72.9 Å². The van der Waals surface area contributed by atoms with Crippen LogP contribution in [0.5, 0.6) is 0 Å². The van der Waals surface area contributed by atoms with Gasteiger partial charge >= 0.3 is 5.97 Å². The van der Waals surface area contributed by atoms with E-state index in [2.05, 4.69) is 49.5 Å². The molecular formula is C16H20O2Si. The summed E-state index contributed by atoms with van der Waals surface area (Å²) < 4.78 is 4.77. The minimum absolute atomic E-state index is 0.190. The van der Waals surface area contributed by atoms with Gasteiger partial charge in [0.1, 0.15) is 0 Å². The van der Waals surface area contributed by atoms with Gasteiger partial charge in [0.15, 0.2) is 0 Å². The molecule has 2 nitrogen and oxygen atoms in total. The van der Waals surface area contributed by atoms with Gasteiger partial charge in [0.25, 0.3) is 0 Å². The van der Waals surface area contributed by atoms with E-state index in [0.29, 0.717) is 5.54 Å². The van der Waals surface area contributed by atoms with Gasteiger partial charge in [-0.15, -0.1) is 0 Å². The number of rotatable bonds is 3. The van der Waals surface area contributed by atoms with Crippen molar-refractivity contribution in [1.29, 1.82) is 0 Å². The second-order valence-corrected chi connectivity index (χ2v) is 10.1. The third-order valence-electron chi connectivity index (χ3n) is 3.88. The van der Waals surface area contributed by atoms with E-state index < -0.39 is 8.07 Å². The first-order valence-corrected chi connectivity index (χ1v) is 9.63. The van der Waals surface area contributed by atoms with Crippen LogP contribution in [0.25, 0.3) is 0 Å². The van der Waals surface area contributed by atoms with Gasteiger partial charge in [-0.3, -0.25) is 4.79 Å². The van der Waals surface area contributed by atoms with E-state index in [9.17, 15) is 4.79 Å². The third kappa shape index (κ3) is 2.87. The zero-order valence-corrected chi connectivity index (χ0v) is 12.7. The Bertz CT molecular complexity index is 489. The lowest BCUT2D eigenvalue weighted by atomic mass is 10.0. The molecule has 0 aromatic heterocycles. The van der Waals surface area contributed by atoms with E-state index in [1.54, 1.807) is 0 Å². The second kappa shape index (κ2) is 5.57. The monoisotopic (exact) mass is 272 g/mol. The van der Waals surface area contributed by atoms with Gasteiger partial charge in [-0.2, -0.15) is 0 Å². The number of hydrogen-bond acceptors (Lipinski definition) is 2. The fraction of sp³-hybridized carbons (Fsp3) is 0.312. The van der Waals surface area contributed by atoms with Gasteiger partial charge < -0.3 is 4.74 Å². The summed E-state index contributed by atoms with van der Waals surface area (Å²) in [5, 5.41) is 1.44. The van der Waals surface area contributed by atoms with Crippen LogP contribution in [0.4, 0.5) is 0 Å². The predicted molar refractivity (Wildman–Crippen MR) is 81.1 cm³/mol. The van der Waals surface area contributed by atoms with Crippen molar-refractivity contribution in [2.24, 2.45) is 5.92 Å². The van der Waals surface area contributed by atoms with Crippen LogP contribution in [0, 0.1) is 5.92 Å². The molecule has 0 spiro atoms. The van der Waals surface area contributed by atoms with E-state index in [4.69, 9.17) is 4.74 Å². The van der Waals surface area contributed by atoms with Crippen LogP contribution in [0.2, 0.25) is 18.6 Å². The highest BCUT2D eigenvalue weighted by molar-refractivity contribution is 6.91. The highest BCUT2D eigenvalue weighted by atomic mass is 28.3. The second-order valence-electron chi connectivity index (χ2n) is 5.43. The van der Waals surface area contributed by atoms with Gasteiger partial charge in [0.05, 0.1) is 21.1 Å². The largest absolute Gasteiger partial charge is 0.468 e. The summed E-state index contributed by atoms with van der Waals surface area (Å²) in [4.78, 5) is 11.5. The number of hydrogen-bond donors (Lipinski definition) is 0. The van der Waals surface area contributed by atoms with E-state index in [1.807, 2.05) is 18.2 Å². The van der Waals surface area contributed by atoms with E-state index >= 15 is 0 Å². The molecule has 1 aliphatic carbocycles. The van der Waals surface area contributed by atoms with Crippen LogP contribution in [-0.2, 0) is 9.53 Å². The van der Waals surface area contributed by atoms with Crippen LogP contribution < -0.4 is 5.19 Å². The van der Waals surface area contributed by atoms with Crippen molar-refractivity contribution in [3.8, 4) is 0 Å². The van der Waals surface area contributed by atoms with Crippen molar-refractivity contribution in [3.05, 3.63) is 54.6 Å². The summed E-state index contributed by atoms with van der Waals surface area (Å²) in [5.41, 5.74) is 0.427. The molecule has 1 aromatic carbocycles. The highest BCUT2D eigenvalue weighted by Crippen LogP contribution is 2.29. The maximum atomic E-state index is 11.5. The first-order valence-electron chi connectivity index (χ1n) is 6.55. The Balaban J connectivity index is 2.17. The lowest BCUT2D eigenvalue weighted by Gasteiger charge is -2.31. The molecule has 0 radical (unpaired) electrons. The lowest BCUT2D eigenvalue weighted by Crippen LogP contribution is -2.45. The minimum atomic E-state index is -1.58. The molecule has 100 valence electrons. The summed E-state index contributed by atoms with van der Waals surface area (Å²) in [6.07, 6.45) is 8.27. The fourth-order valence-electron chi connectivity index (χ4n) is 2.44. The molecule has 0 saturated heterocycles. The Kier molecular flexibility index (Phi) is 4.05. The summed E-state index contributed by atoms with van der Waals surface area (Å²) in [7, 11) is -0.150. The van der Waals surface area contributed by atoms with Crippen molar-refractivity contribution in [1.82, 2.24) is 0 Å². The zero-order valence-electron chi connectivity index (χ0n) is 11.7. The van der Waals surface area contributed by atoms with E-state index in [0.717, 1.165) is 0 Å². The number of ether oxygens (including phenoxy) is 1. The van der Waals surface area contributed by atoms with Crippen molar-refractivity contribution in [2.45, 2.75) is 18.6 Å². The molecule has 1 aliphatic rings. The topological polar surface area (TPSA) is 26.3 Å². The number of allylic oxidation sites excluding steroid dienone is 2. The predicted octanol–water partition coefficient (Wildman–Crippen LogP) is 2.89. The molecule has 3 heteroatoms.